The van der Waals surface area contributed by atoms with Crippen LogP contribution in [-0.4, -0.2) is 21.6 Å². The molecule has 6 aromatic rings. The van der Waals surface area contributed by atoms with Crippen LogP contribution in [0.3, 0.4) is 0 Å². The number of hydrogen-bond donors (Lipinski definition) is 0. The first-order valence-electron chi connectivity index (χ1n) is 14.0. The summed E-state index contributed by atoms with van der Waals surface area (Å²) in [5.74, 6) is 0. The van der Waals surface area contributed by atoms with Crippen molar-refractivity contribution in [2.75, 3.05) is 0 Å². The third kappa shape index (κ3) is 10.1. The zero-order valence-electron chi connectivity index (χ0n) is 25.5. The van der Waals surface area contributed by atoms with Crippen molar-refractivity contribution in [3.05, 3.63) is 133 Å². The van der Waals surface area contributed by atoms with E-state index >= 15 is 0 Å². The molecule has 0 bridgehead atoms. The van der Waals surface area contributed by atoms with Crippen molar-refractivity contribution >= 4 is 63.9 Å². The van der Waals surface area contributed by atoms with Crippen molar-refractivity contribution < 1.29 is 48.1 Å². The number of halogens is 2. The Labute approximate surface area is 282 Å². The van der Waals surface area contributed by atoms with Gasteiger partial charge in [-0.3, -0.25) is 0 Å². The van der Waals surface area contributed by atoms with Gasteiger partial charge in [0.2, 0.25) is 0 Å². The van der Waals surface area contributed by atoms with E-state index in [0.717, 1.165) is 0 Å². The van der Waals surface area contributed by atoms with Crippen LogP contribution in [0.4, 0.5) is 0 Å². The maximum atomic E-state index is 2.39. The summed E-state index contributed by atoms with van der Waals surface area (Å²) in [5, 5.41) is 11.7. The van der Waals surface area contributed by atoms with Crippen molar-refractivity contribution in [2.24, 2.45) is 0 Å². The van der Waals surface area contributed by atoms with Crippen LogP contribution >= 0.6 is 0 Å². The van der Waals surface area contributed by atoms with Gasteiger partial charge in [-0.25, -0.2) is 0 Å². The second-order valence-corrected chi connectivity index (χ2v) is 28.1. The second-order valence-electron chi connectivity index (χ2n) is 12.4. The quantitative estimate of drug-likeness (QED) is 0.192. The molecule has 0 atom stereocenters. The molecule has 0 fully saturated rings. The van der Waals surface area contributed by atoms with Crippen LogP contribution in [-0.2, 0) is 23.3 Å². The van der Waals surface area contributed by atoms with Gasteiger partial charge in [-0.15, -0.1) is 69.7 Å². The molecule has 0 aliphatic carbocycles. The third-order valence-electron chi connectivity index (χ3n) is 7.09. The zero-order valence-corrected chi connectivity index (χ0v) is 32.4. The van der Waals surface area contributed by atoms with Crippen molar-refractivity contribution in [1.29, 1.82) is 0 Å². The molecule has 0 saturated heterocycles. The Morgan fingerprint density at radius 1 is 0.476 bits per heavy atom. The molecule has 0 aromatic heterocycles. The van der Waals surface area contributed by atoms with E-state index in [1.54, 1.807) is 33.7 Å². The summed E-state index contributed by atoms with van der Waals surface area (Å²) in [6, 6.07) is 48.3. The predicted molar refractivity (Wildman–Crippen MR) is 183 cm³/mol. The minimum absolute atomic E-state index is 0. The van der Waals surface area contributed by atoms with Gasteiger partial charge in [0.25, 0.3) is 0 Å². The normalized spacial score (nSPS) is 10.9. The molecule has 0 radical (unpaired) electrons. The summed E-state index contributed by atoms with van der Waals surface area (Å²) in [7, 11) is -2.23. The molecule has 0 saturated carbocycles. The van der Waals surface area contributed by atoms with Gasteiger partial charge in [0.05, 0.1) is 16.1 Å². The van der Waals surface area contributed by atoms with E-state index < -0.39 is 21.6 Å². The third-order valence-corrected chi connectivity index (χ3v) is 17.2. The Balaban J connectivity index is 0.000000215. The molecule has 0 amide bonds. The van der Waals surface area contributed by atoms with Crippen LogP contribution in [0.2, 0.25) is 39.3 Å². The van der Waals surface area contributed by atoms with E-state index in [0.29, 0.717) is 0 Å². The van der Waals surface area contributed by atoms with E-state index in [1.807, 2.05) is 0 Å². The fourth-order valence-corrected chi connectivity index (χ4v) is 10.7. The predicted octanol–water partition coefficient (Wildman–Crippen LogP) is 1.55. The molecule has 0 spiro atoms. The summed E-state index contributed by atoms with van der Waals surface area (Å²) in [6.07, 6.45) is 0. The van der Waals surface area contributed by atoms with E-state index in [9.17, 15) is 0 Å². The first kappa shape index (κ1) is 36.4. The topological polar surface area (TPSA) is 0 Å². The summed E-state index contributed by atoms with van der Waals surface area (Å²) < 4.78 is 0. The van der Waals surface area contributed by atoms with Gasteiger partial charge in [0.1, 0.15) is 0 Å². The second kappa shape index (κ2) is 16.3. The SMILES string of the molecule is C[Si](C)(C)c1cc2ccccc2[cH-]1.C[Si](C)(C)c1cc2ccccc2[cH-]1.[Cl-].[Cl-].[Zr+2]=[Si](c1ccccc1)c1ccccc1. The van der Waals surface area contributed by atoms with Gasteiger partial charge in [-0.1, -0.05) is 51.4 Å². The van der Waals surface area contributed by atoms with Crippen LogP contribution in [0, 0.1) is 0 Å². The fraction of sp³-hybridized carbons (Fsp3) is 0.167. The first-order chi connectivity index (χ1) is 19.0. The van der Waals surface area contributed by atoms with Gasteiger partial charge >= 0.3 is 99.8 Å². The number of fused-ring (bicyclic) bond motifs is 2. The van der Waals surface area contributed by atoms with Crippen LogP contribution in [0.5, 0.6) is 0 Å². The molecular formula is C36H40Cl2Si3Zr-2. The Kier molecular flexibility index (Phi) is 14.2. The summed E-state index contributed by atoms with van der Waals surface area (Å²) >= 11 is 1.64. The zero-order chi connectivity index (χ0) is 28.8. The van der Waals surface area contributed by atoms with Crippen molar-refractivity contribution in [3.8, 4) is 0 Å². The van der Waals surface area contributed by atoms with Gasteiger partial charge < -0.3 is 24.8 Å². The van der Waals surface area contributed by atoms with Crippen molar-refractivity contribution in [2.45, 2.75) is 39.3 Å². The number of hydrogen-bond acceptors (Lipinski definition) is 0. The van der Waals surface area contributed by atoms with E-state index in [2.05, 4.69) is 173 Å². The van der Waals surface area contributed by atoms with Gasteiger partial charge in [-0.05, 0) is 0 Å². The average molecular weight is 719 g/mol. The fourth-order valence-electron chi connectivity index (χ4n) is 4.54. The van der Waals surface area contributed by atoms with Crippen LogP contribution < -0.4 is 45.6 Å². The molecule has 0 heterocycles. The molecule has 6 rings (SSSR count). The molecule has 6 heteroatoms. The molecule has 6 aromatic carbocycles. The van der Waals surface area contributed by atoms with Gasteiger partial charge in [-0.2, -0.15) is 22.9 Å². The summed E-state index contributed by atoms with van der Waals surface area (Å²) in [4.78, 5) is 0. The van der Waals surface area contributed by atoms with Crippen molar-refractivity contribution in [1.82, 2.24) is 0 Å². The minimum atomic E-state index is -1.12. The molecule has 0 aliphatic rings. The molecule has 42 heavy (non-hydrogen) atoms. The average Bonchev–Trinajstić information content (AvgIpc) is 3.59. The van der Waals surface area contributed by atoms with E-state index in [-0.39, 0.29) is 24.8 Å². The molecule has 216 valence electrons. The van der Waals surface area contributed by atoms with Gasteiger partial charge in [0.15, 0.2) is 0 Å². The molecule has 0 aliphatic heterocycles. The Bertz CT molecular complexity index is 1480. The monoisotopic (exact) mass is 716 g/mol. The molecule has 0 nitrogen and oxygen atoms in total. The van der Waals surface area contributed by atoms with Crippen LogP contribution in [0.1, 0.15) is 0 Å². The Hall–Kier alpha value is -1.79. The number of benzene rings is 4. The van der Waals surface area contributed by atoms with Crippen LogP contribution in [0.25, 0.3) is 21.5 Å². The van der Waals surface area contributed by atoms with Crippen molar-refractivity contribution in [3.63, 3.8) is 0 Å². The molecular weight excluding hydrogens is 679 g/mol. The standard InChI is InChI=1S/2C12H15Si.C12H10Si.2ClH.Zr/c2*1-13(2,3)12-8-10-6-4-5-7-11(10)9-12;1-3-7-11(8-4-1)13-12-9-5-2-6-10-12;;;/h2*4-9H,1-3H3;1-10H;2*1H;/q2*-1;;;;+2/p-2. The molecule has 0 unspecified atom stereocenters. The number of rotatable bonds is 4. The first-order valence-corrected chi connectivity index (χ1v) is 26.2. The summed E-state index contributed by atoms with van der Waals surface area (Å²) in [6.45, 7) is 14.3. The van der Waals surface area contributed by atoms with E-state index in [4.69, 9.17) is 0 Å². The van der Waals surface area contributed by atoms with Gasteiger partial charge in [0, 0.05) is 0 Å². The Morgan fingerprint density at radius 2 is 0.786 bits per heavy atom. The van der Waals surface area contributed by atoms with E-state index in [1.165, 1.54) is 31.9 Å². The Morgan fingerprint density at radius 3 is 1.10 bits per heavy atom. The maximum absolute atomic E-state index is 2.39. The van der Waals surface area contributed by atoms with Crippen LogP contribution in [0.15, 0.2) is 133 Å². The molecule has 0 N–H and O–H groups in total. The summed E-state index contributed by atoms with van der Waals surface area (Å²) in [5.41, 5.74) is -0.455.